The van der Waals surface area contributed by atoms with E-state index in [2.05, 4.69) is 5.32 Å². The van der Waals surface area contributed by atoms with Gasteiger partial charge in [0, 0.05) is 12.6 Å². The maximum absolute atomic E-state index is 11.1. The van der Waals surface area contributed by atoms with Crippen LogP contribution in [0.1, 0.15) is 21.5 Å². The zero-order valence-electron chi connectivity index (χ0n) is 12.1. The van der Waals surface area contributed by atoms with Crippen molar-refractivity contribution >= 4 is 12.4 Å². The van der Waals surface area contributed by atoms with E-state index in [0.29, 0.717) is 5.56 Å². The van der Waals surface area contributed by atoms with Gasteiger partial charge in [0.2, 0.25) is 0 Å². The summed E-state index contributed by atoms with van der Waals surface area (Å²) in [4.78, 5) is 21.9. The van der Waals surface area contributed by atoms with Crippen LogP contribution in [-0.4, -0.2) is 19.4 Å². The fourth-order valence-corrected chi connectivity index (χ4v) is 2.05. The van der Waals surface area contributed by atoms with E-state index in [0.717, 1.165) is 28.5 Å². The van der Waals surface area contributed by atoms with Crippen LogP contribution in [0, 0.1) is 6.92 Å². The Morgan fingerprint density at radius 2 is 1.95 bits per heavy atom. The van der Waals surface area contributed by atoms with E-state index in [-0.39, 0.29) is 6.61 Å². The molecule has 21 heavy (non-hydrogen) atoms. The molecule has 0 heterocycles. The summed E-state index contributed by atoms with van der Waals surface area (Å²) in [5, 5.41) is 2.41. The summed E-state index contributed by atoms with van der Waals surface area (Å²) in [6.45, 7) is 2.13. The summed E-state index contributed by atoms with van der Waals surface area (Å²) in [6, 6.07) is 13.5. The Bertz CT molecular complexity index is 665. The van der Waals surface area contributed by atoms with Crippen molar-refractivity contribution in [2.75, 3.05) is 7.05 Å². The van der Waals surface area contributed by atoms with Crippen LogP contribution in [0.4, 0.5) is 4.79 Å². The van der Waals surface area contributed by atoms with E-state index in [1.165, 1.54) is 7.05 Å². The Morgan fingerprint density at radius 1 is 1.19 bits per heavy atom. The van der Waals surface area contributed by atoms with E-state index < -0.39 is 6.09 Å². The van der Waals surface area contributed by atoms with Crippen LogP contribution < -0.4 is 5.32 Å². The average molecular weight is 283 g/mol. The van der Waals surface area contributed by atoms with E-state index in [1.54, 1.807) is 0 Å². The van der Waals surface area contributed by atoms with Crippen molar-refractivity contribution in [2.45, 2.75) is 13.5 Å². The molecule has 0 bridgehead atoms. The molecule has 0 aliphatic heterocycles. The Labute approximate surface area is 123 Å². The molecule has 0 saturated carbocycles. The summed E-state index contributed by atoms with van der Waals surface area (Å²) < 4.78 is 5.03. The summed E-state index contributed by atoms with van der Waals surface area (Å²) >= 11 is 0. The third-order valence-corrected chi connectivity index (χ3v) is 3.23. The molecule has 0 fully saturated rings. The van der Waals surface area contributed by atoms with Crippen LogP contribution in [0.3, 0.4) is 0 Å². The number of alkyl carbamates (subject to hydrolysis) is 1. The second-order valence-corrected chi connectivity index (χ2v) is 4.72. The fourth-order valence-electron chi connectivity index (χ4n) is 2.05. The number of benzene rings is 2. The SMILES string of the molecule is CNC(=O)OCc1cccc(-c2ccc(C=O)c(C)c2)c1. The zero-order valence-corrected chi connectivity index (χ0v) is 12.1. The van der Waals surface area contributed by atoms with Gasteiger partial charge in [-0.25, -0.2) is 4.79 Å². The molecular formula is C17H17NO3. The van der Waals surface area contributed by atoms with Gasteiger partial charge in [0.15, 0.2) is 0 Å². The van der Waals surface area contributed by atoms with Crippen molar-refractivity contribution in [3.8, 4) is 11.1 Å². The lowest BCUT2D eigenvalue weighted by molar-refractivity contribution is 0.112. The van der Waals surface area contributed by atoms with Crippen molar-refractivity contribution in [3.63, 3.8) is 0 Å². The van der Waals surface area contributed by atoms with Gasteiger partial charge in [-0.1, -0.05) is 36.4 Å². The zero-order chi connectivity index (χ0) is 15.2. The van der Waals surface area contributed by atoms with Gasteiger partial charge in [0.25, 0.3) is 0 Å². The highest BCUT2D eigenvalue weighted by atomic mass is 16.5. The number of aryl methyl sites for hydroxylation is 1. The minimum Gasteiger partial charge on any atom is -0.445 e. The molecule has 0 aromatic heterocycles. The third kappa shape index (κ3) is 3.69. The summed E-state index contributed by atoms with van der Waals surface area (Å²) in [5.41, 5.74) is 4.59. The molecule has 1 N–H and O–H groups in total. The second-order valence-electron chi connectivity index (χ2n) is 4.72. The molecule has 2 aromatic carbocycles. The fraction of sp³-hybridized carbons (Fsp3) is 0.176. The molecule has 0 spiro atoms. The molecule has 0 unspecified atom stereocenters. The normalized spacial score (nSPS) is 10.0. The highest BCUT2D eigenvalue weighted by Crippen LogP contribution is 2.23. The van der Waals surface area contributed by atoms with Gasteiger partial charge in [-0.05, 0) is 35.2 Å². The van der Waals surface area contributed by atoms with Gasteiger partial charge in [0.05, 0.1) is 0 Å². The molecule has 2 rings (SSSR count). The van der Waals surface area contributed by atoms with Gasteiger partial charge in [0.1, 0.15) is 12.9 Å². The van der Waals surface area contributed by atoms with Gasteiger partial charge in [-0.3, -0.25) is 4.79 Å². The number of carbonyl (C=O) groups excluding carboxylic acids is 2. The number of rotatable bonds is 4. The Kier molecular flexibility index (Phi) is 4.72. The van der Waals surface area contributed by atoms with Crippen molar-refractivity contribution in [1.29, 1.82) is 0 Å². The molecule has 108 valence electrons. The lowest BCUT2D eigenvalue weighted by Gasteiger charge is -2.08. The van der Waals surface area contributed by atoms with E-state index >= 15 is 0 Å². The first-order valence-electron chi connectivity index (χ1n) is 6.63. The molecule has 0 aliphatic rings. The summed E-state index contributed by atoms with van der Waals surface area (Å²) in [6.07, 6.45) is 0.402. The number of hydrogen-bond donors (Lipinski definition) is 1. The van der Waals surface area contributed by atoms with Gasteiger partial charge in [-0.2, -0.15) is 0 Å². The van der Waals surface area contributed by atoms with Crippen LogP contribution in [-0.2, 0) is 11.3 Å². The molecular weight excluding hydrogens is 266 g/mol. The number of aldehydes is 1. The summed E-state index contributed by atoms with van der Waals surface area (Å²) in [7, 11) is 1.52. The first kappa shape index (κ1) is 14.8. The topological polar surface area (TPSA) is 55.4 Å². The van der Waals surface area contributed by atoms with Crippen LogP contribution in [0.25, 0.3) is 11.1 Å². The van der Waals surface area contributed by atoms with E-state index in [1.807, 2.05) is 49.4 Å². The van der Waals surface area contributed by atoms with Crippen molar-refractivity contribution in [2.24, 2.45) is 0 Å². The van der Waals surface area contributed by atoms with Crippen LogP contribution in [0.2, 0.25) is 0 Å². The number of carbonyl (C=O) groups is 2. The van der Waals surface area contributed by atoms with Crippen LogP contribution >= 0.6 is 0 Å². The molecule has 4 nitrogen and oxygen atoms in total. The largest absolute Gasteiger partial charge is 0.445 e. The smallest absolute Gasteiger partial charge is 0.407 e. The molecule has 0 saturated heterocycles. The van der Waals surface area contributed by atoms with Gasteiger partial charge >= 0.3 is 6.09 Å². The monoisotopic (exact) mass is 283 g/mol. The maximum atomic E-state index is 11.1. The first-order valence-corrected chi connectivity index (χ1v) is 6.63. The lowest BCUT2D eigenvalue weighted by atomic mass is 9.99. The highest BCUT2D eigenvalue weighted by Gasteiger charge is 2.04. The van der Waals surface area contributed by atoms with Crippen LogP contribution in [0.5, 0.6) is 0 Å². The van der Waals surface area contributed by atoms with Crippen LogP contribution in [0.15, 0.2) is 42.5 Å². The molecule has 4 heteroatoms. The van der Waals surface area contributed by atoms with Crippen molar-refractivity contribution in [3.05, 3.63) is 59.2 Å². The molecule has 0 atom stereocenters. The predicted molar refractivity (Wildman–Crippen MR) is 81.2 cm³/mol. The number of amides is 1. The lowest BCUT2D eigenvalue weighted by Crippen LogP contribution is -2.18. The Morgan fingerprint density at radius 3 is 2.62 bits per heavy atom. The Hall–Kier alpha value is -2.62. The Balaban J connectivity index is 2.22. The van der Waals surface area contributed by atoms with Gasteiger partial charge in [-0.15, -0.1) is 0 Å². The molecule has 1 amide bonds. The van der Waals surface area contributed by atoms with E-state index in [9.17, 15) is 9.59 Å². The first-order chi connectivity index (χ1) is 10.1. The number of hydrogen-bond acceptors (Lipinski definition) is 3. The second kappa shape index (κ2) is 6.70. The number of ether oxygens (including phenoxy) is 1. The van der Waals surface area contributed by atoms with Crippen molar-refractivity contribution < 1.29 is 14.3 Å². The quantitative estimate of drug-likeness (QED) is 0.876. The highest BCUT2D eigenvalue weighted by molar-refractivity contribution is 5.79. The average Bonchev–Trinajstić information content (AvgIpc) is 2.52. The van der Waals surface area contributed by atoms with Gasteiger partial charge < -0.3 is 10.1 Å². The van der Waals surface area contributed by atoms with E-state index in [4.69, 9.17) is 4.74 Å². The predicted octanol–water partition coefficient (Wildman–Crippen LogP) is 3.33. The maximum Gasteiger partial charge on any atom is 0.407 e. The minimum absolute atomic E-state index is 0.221. The molecule has 0 aliphatic carbocycles. The standard InChI is InChI=1S/C17H17NO3/c1-12-8-15(6-7-16(12)10-19)14-5-3-4-13(9-14)11-21-17(20)18-2/h3-10H,11H2,1-2H3,(H,18,20). The summed E-state index contributed by atoms with van der Waals surface area (Å²) in [5.74, 6) is 0. The molecule has 2 aromatic rings. The minimum atomic E-state index is -0.452. The number of nitrogens with one attached hydrogen (secondary N) is 1. The van der Waals surface area contributed by atoms with Crippen molar-refractivity contribution in [1.82, 2.24) is 5.32 Å². The third-order valence-electron chi connectivity index (χ3n) is 3.23. The molecule has 0 radical (unpaired) electrons.